The molecule has 1 saturated heterocycles. The van der Waals surface area contributed by atoms with Gasteiger partial charge in [0, 0.05) is 11.8 Å². The summed E-state index contributed by atoms with van der Waals surface area (Å²) >= 11 is 0. The van der Waals surface area contributed by atoms with E-state index in [9.17, 15) is 0 Å². The molecule has 0 spiro atoms. The van der Waals surface area contributed by atoms with Crippen molar-refractivity contribution < 1.29 is 4.42 Å². The average molecular weight is 192 g/mol. The van der Waals surface area contributed by atoms with Crippen LogP contribution in [-0.4, -0.2) is 18.1 Å². The van der Waals surface area contributed by atoms with Crippen LogP contribution in [0.4, 0.5) is 0 Å². The molecular formula is C11H16N2O. The monoisotopic (exact) mass is 192 g/mol. The third-order valence-corrected chi connectivity index (χ3v) is 3.21. The molecule has 1 aliphatic carbocycles. The van der Waals surface area contributed by atoms with Crippen molar-refractivity contribution in [3.63, 3.8) is 0 Å². The Bertz CT molecular complexity index is 311. The molecule has 2 heterocycles. The van der Waals surface area contributed by atoms with E-state index in [1.54, 1.807) is 0 Å². The second kappa shape index (κ2) is 3.39. The molecule has 2 aliphatic rings. The minimum Gasteiger partial charge on any atom is -0.445 e. The molecule has 0 unspecified atom stereocenters. The van der Waals surface area contributed by atoms with Gasteiger partial charge in [-0.2, -0.15) is 0 Å². The zero-order valence-electron chi connectivity index (χ0n) is 8.33. The Hall–Kier alpha value is -0.830. The Balaban J connectivity index is 1.74. The van der Waals surface area contributed by atoms with E-state index in [0.717, 1.165) is 24.7 Å². The SMILES string of the molecule is c1nc(C2CCNCC2)oc1C1CC1. The highest BCUT2D eigenvalue weighted by Crippen LogP contribution is 2.41. The maximum Gasteiger partial charge on any atom is 0.197 e. The van der Waals surface area contributed by atoms with Crippen LogP contribution in [0, 0.1) is 0 Å². The standard InChI is InChI=1S/C11H16N2O/c1-2-8(1)10-7-13-11(14-10)9-3-5-12-6-4-9/h7-9,12H,1-6H2. The van der Waals surface area contributed by atoms with Gasteiger partial charge in [0.15, 0.2) is 5.89 Å². The largest absolute Gasteiger partial charge is 0.445 e. The van der Waals surface area contributed by atoms with Crippen molar-refractivity contribution in [3.05, 3.63) is 17.8 Å². The number of oxazole rings is 1. The topological polar surface area (TPSA) is 38.1 Å². The first-order valence-electron chi connectivity index (χ1n) is 5.60. The molecule has 2 fully saturated rings. The molecule has 0 amide bonds. The van der Waals surface area contributed by atoms with E-state index in [2.05, 4.69) is 10.3 Å². The summed E-state index contributed by atoms with van der Waals surface area (Å²) in [5, 5.41) is 3.36. The van der Waals surface area contributed by atoms with Gasteiger partial charge in [-0.3, -0.25) is 0 Å². The van der Waals surface area contributed by atoms with Gasteiger partial charge in [-0.25, -0.2) is 4.98 Å². The van der Waals surface area contributed by atoms with E-state index in [1.807, 2.05) is 6.20 Å². The minimum atomic E-state index is 0.559. The summed E-state index contributed by atoms with van der Waals surface area (Å²) in [7, 11) is 0. The van der Waals surface area contributed by atoms with Gasteiger partial charge >= 0.3 is 0 Å². The Kier molecular flexibility index (Phi) is 2.05. The summed E-state index contributed by atoms with van der Waals surface area (Å²) in [6.07, 6.45) is 6.87. The second-order valence-corrected chi connectivity index (χ2v) is 4.40. The molecule has 0 radical (unpaired) electrons. The van der Waals surface area contributed by atoms with Gasteiger partial charge in [-0.05, 0) is 38.8 Å². The average Bonchev–Trinajstić information content (AvgIpc) is 2.98. The molecule has 3 rings (SSSR count). The fourth-order valence-electron chi connectivity index (χ4n) is 2.11. The lowest BCUT2D eigenvalue weighted by atomic mass is 9.98. The first-order valence-corrected chi connectivity index (χ1v) is 5.60. The van der Waals surface area contributed by atoms with Crippen LogP contribution in [0.2, 0.25) is 0 Å². The van der Waals surface area contributed by atoms with Gasteiger partial charge < -0.3 is 9.73 Å². The molecule has 0 aromatic carbocycles. The van der Waals surface area contributed by atoms with Gasteiger partial charge in [-0.1, -0.05) is 0 Å². The normalized spacial score (nSPS) is 24.0. The number of aromatic nitrogens is 1. The van der Waals surface area contributed by atoms with Crippen LogP contribution >= 0.6 is 0 Å². The molecule has 1 aromatic rings. The summed E-state index contributed by atoms with van der Waals surface area (Å²) in [6, 6.07) is 0. The molecule has 1 saturated carbocycles. The second-order valence-electron chi connectivity index (χ2n) is 4.40. The Labute approximate surface area is 83.9 Å². The van der Waals surface area contributed by atoms with Crippen LogP contribution < -0.4 is 5.32 Å². The molecule has 0 atom stereocenters. The van der Waals surface area contributed by atoms with E-state index in [-0.39, 0.29) is 0 Å². The Morgan fingerprint density at radius 3 is 2.64 bits per heavy atom. The lowest BCUT2D eigenvalue weighted by Gasteiger charge is -2.19. The molecule has 14 heavy (non-hydrogen) atoms. The quantitative estimate of drug-likeness (QED) is 0.779. The van der Waals surface area contributed by atoms with Gasteiger partial charge in [0.2, 0.25) is 0 Å². The maximum absolute atomic E-state index is 5.81. The van der Waals surface area contributed by atoms with Crippen molar-refractivity contribution in [1.82, 2.24) is 10.3 Å². The number of hydrogen-bond acceptors (Lipinski definition) is 3. The minimum absolute atomic E-state index is 0.559. The van der Waals surface area contributed by atoms with Crippen molar-refractivity contribution in [2.24, 2.45) is 0 Å². The molecular weight excluding hydrogens is 176 g/mol. The third-order valence-electron chi connectivity index (χ3n) is 3.21. The van der Waals surface area contributed by atoms with Gasteiger partial charge in [0.05, 0.1) is 6.20 Å². The highest BCUT2D eigenvalue weighted by Gasteiger charge is 2.29. The smallest absolute Gasteiger partial charge is 0.197 e. The first-order chi connectivity index (χ1) is 6.93. The van der Waals surface area contributed by atoms with E-state index in [0.29, 0.717) is 11.8 Å². The Morgan fingerprint density at radius 2 is 1.93 bits per heavy atom. The van der Waals surface area contributed by atoms with Crippen LogP contribution in [0.3, 0.4) is 0 Å². The van der Waals surface area contributed by atoms with Crippen LogP contribution in [0.15, 0.2) is 10.6 Å². The van der Waals surface area contributed by atoms with E-state index >= 15 is 0 Å². The maximum atomic E-state index is 5.81. The van der Waals surface area contributed by atoms with E-state index in [1.165, 1.54) is 25.7 Å². The summed E-state index contributed by atoms with van der Waals surface area (Å²) in [6.45, 7) is 2.21. The molecule has 1 N–H and O–H groups in total. The molecule has 1 aliphatic heterocycles. The van der Waals surface area contributed by atoms with E-state index < -0.39 is 0 Å². The molecule has 3 heteroatoms. The zero-order valence-corrected chi connectivity index (χ0v) is 8.33. The molecule has 1 aromatic heterocycles. The lowest BCUT2D eigenvalue weighted by Crippen LogP contribution is -2.26. The van der Waals surface area contributed by atoms with Crippen molar-refractivity contribution in [2.75, 3.05) is 13.1 Å². The molecule has 3 nitrogen and oxygen atoms in total. The van der Waals surface area contributed by atoms with Crippen molar-refractivity contribution in [2.45, 2.75) is 37.5 Å². The highest BCUT2D eigenvalue weighted by atomic mass is 16.4. The van der Waals surface area contributed by atoms with Crippen LogP contribution in [0.5, 0.6) is 0 Å². The van der Waals surface area contributed by atoms with Crippen LogP contribution in [0.1, 0.15) is 49.2 Å². The van der Waals surface area contributed by atoms with E-state index in [4.69, 9.17) is 4.42 Å². The van der Waals surface area contributed by atoms with Gasteiger partial charge in [0.25, 0.3) is 0 Å². The van der Waals surface area contributed by atoms with Crippen molar-refractivity contribution in [1.29, 1.82) is 0 Å². The number of hydrogen-bond donors (Lipinski definition) is 1. The summed E-state index contributed by atoms with van der Waals surface area (Å²) < 4.78 is 5.81. The third kappa shape index (κ3) is 1.57. The number of nitrogens with zero attached hydrogens (tertiary/aromatic N) is 1. The predicted octanol–water partition coefficient (Wildman–Crippen LogP) is 2.02. The van der Waals surface area contributed by atoms with Crippen molar-refractivity contribution >= 4 is 0 Å². The Morgan fingerprint density at radius 1 is 1.14 bits per heavy atom. The molecule has 0 bridgehead atoms. The predicted molar refractivity (Wildman–Crippen MR) is 53.3 cm³/mol. The van der Waals surface area contributed by atoms with Gasteiger partial charge in [0.1, 0.15) is 5.76 Å². The number of piperidine rings is 1. The number of nitrogens with one attached hydrogen (secondary N) is 1. The summed E-state index contributed by atoms with van der Waals surface area (Å²) in [5.74, 6) is 3.36. The molecule has 76 valence electrons. The first kappa shape index (κ1) is 8.48. The summed E-state index contributed by atoms with van der Waals surface area (Å²) in [5.41, 5.74) is 0. The fraction of sp³-hybridized carbons (Fsp3) is 0.727. The zero-order chi connectivity index (χ0) is 9.38. The van der Waals surface area contributed by atoms with Crippen LogP contribution in [-0.2, 0) is 0 Å². The summed E-state index contributed by atoms with van der Waals surface area (Å²) in [4.78, 5) is 4.41. The van der Waals surface area contributed by atoms with Crippen LogP contribution in [0.25, 0.3) is 0 Å². The van der Waals surface area contributed by atoms with Crippen molar-refractivity contribution in [3.8, 4) is 0 Å². The fourth-order valence-corrected chi connectivity index (χ4v) is 2.11. The highest BCUT2D eigenvalue weighted by molar-refractivity contribution is 5.10. The van der Waals surface area contributed by atoms with Gasteiger partial charge in [-0.15, -0.1) is 0 Å². The lowest BCUT2D eigenvalue weighted by molar-refractivity contribution is 0.361. The number of rotatable bonds is 2.